The Hall–Kier alpha value is -1.52. The van der Waals surface area contributed by atoms with Crippen LogP contribution in [0.15, 0.2) is 12.1 Å². The van der Waals surface area contributed by atoms with E-state index >= 15 is 0 Å². The Kier molecular flexibility index (Phi) is 4.79. The maximum absolute atomic E-state index is 13.9. The van der Waals surface area contributed by atoms with Crippen molar-refractivity contribution in [2.45, 2.75) is 32.2 Å². The molecule has 0 bridgehead atoms. The van der Waals surface area contributed by atoms with Crippen molar-refractivity contribution in [3.63, 3.8) is 0 Å². The van der Waals surface area contributed by atoms with Crippen LogP contribution in [0.1, 0.15) is 19.4 Å². The van der Waals surface area contributed by atoms with Gasteiger partial charge < -0.3 is 10.0 Å². The first-order valence-corrected chi connectivity index (χ1v) is 7.36. The topological polar surface area (TPSA) is 47.3 Å². The number of aliphatic hydroxyl groups excluding tert-OH is 1. The van der Waals surface area contributed by atoms with Gasteiger partial charge in [-0.1, -0.05) is 25.4 Å². The van der Waals surface area contributed by atoms with Crippen LogP contribution >= 0.6 is 11.6 Å². The standard InChI is InChI=1S/C15H15ClF4N2O/c1-7-6-22(13(8(7)2)14(23)15(18,19)20)9-3-11(16)10(5-21)12(17)4-9/h3-4,7-8,13-14,23H,6H2,1-2H3/t7-,8-,13+,14+/m0/s1. The van der Waals surface area contributed by atoms with Crippen LogP contribution in [0.3, 0.4) is 0 Å². The third-order valence-corrected chi connectivity index (χ3v) is 4.71. The molecule has 126 valence electrons. The van der Waals surface area contributed by atoms with Gasteiger partial charge in [0.1, 0.15) is 17.4 Å². The highest BCUT2D eigenvalue weighted by Gasteiger charge is 2.51. The molecule has 0 amide bonds. The van der Waals surface area contributed by atoms with E-state index in [1.807, 2.05) is 0 Å². The van der Waals surface area contributed by atoms with Gasteiger partial charge in [0.25, 0.3) is 0 Å². The zero-order valence-electron chi connectivity index (χ0n) is 12.4. The number of nitriles is 1. The largest absolute Gasteiger partial charge is 0.416 e. The smallest absolute Gasteiger partial charge is 0.382 e. The lowest BCUT2D eigenvalue weighted by Gasteiger charge is -2.33. The highest BCUT2D eigenvalue weighted by atomic mass is 35.5. The Bertz CT molecular complexity index is 620. The summed E-state index contributed by atoms with van der Waals surface area (Å²) in [4.78, 5) is 1.31. The van der Waals surface area contributed by atoms with E-state index in [0.29, 0.717) is 0 Å². The van der Waals surface area contributed by atoms with Crippen molar-refractivity contribution in [1.29, 1.82) is 5.26 Å². The highest BCUT2D eigenvalue weighted by Crippen LogP contribution is 2.40. The van der Waals surface area contributed by atoms with Crippen molar-refractivity contribution in [3.05, 3.63) is 28.5 Å². The molecule has 1 saturated heterocycles. The minimum absolute atomic E-state index is 0.121. The predicted octanol–water partition coefficient (Wildman–Crippen LogP) is 3.73. The lowest BCUT2D eigenvalue weighted by atomic mass is 9.90. The van der Waals surface area contributed by atoms with Gasteiger partial charge in [-0.25, -0.2) is 4.39 Å². The van der Waals surface area contributed by atoms with Gasteiger partial charge in [-0.3, -0.25) is 0 Å². The van der Waals surface area contributed by atoms with Crippen LogP contribution in [0.25, 0.3) is 0 Å². The number of benzene rings is 1. The number of nitrogens with zero attached hydrogens (tertiary/aromatic N) is 2. The summed E-state index contributed by atoms with van der Waals surface area (Å²) in [6.07, 6.45) is -7.34. The molecule has 1 aromatic carbocycles. The minimum Gasteiger partial charge on any atom is -0.382 e. The number of hydrogen-bond acceptors (Lipinski definition) is 3. The molecule has 0 saturated carbocycles. The summed E-state index contributed by atoms with van der Waals surface area (Å²) in [7, 11) is 0. The Morgan fingerprint density at radius 2 is 2.00 bits per heavy atom. The summed E-state index contributed by atoms with van der Waals surface area (Å²) in [5, 5.41) is 18.3. The number of hydrogen-bond donors (Lipinski definition) is 1. The van der Waals surface area contributed by atoms with Crippen molar-refractivity contribution in [1.82, 2.24) is 0 Å². The number of halogens is 5. The summed E-state index contributed by atoms with van der Waals surface area (Å²) >= 11 is 5.83. The van der Waals surface area contributed by atoms with Crippen LogP contribution in [0.4, 0.5) is 23.2 Å². The van der Waals surface area contributed by atoms with Gasteiger partial charge in [-0.05, 0) is 24.0 Å². The molecule has 0 aliphatic carbocycles. The van der Waals surface area contributed by atoms with E-state index in [4.69, 9.17) is 16.9 Å². The number of rotatable bonds is 2. The molecule has 0 unspecified atom stereocenters. The molecule has 8 heteroatoms. The quantitative estimate of drug-likeness (QED) is 0.827. The molecule has 1 N–H and O–H groups in total. The molecule has 1 aliphatic rings. The van der Waals surface area contributed by atoms with E-state index in [1.54, 1.807) is 19.9 Å². The summed E-state index contributed by atoms with van der Waals surface area (Å²) < 4.78 is 52.7. The summed E-state index contributed by atoms with van der Waals surface area (Å²) in [6.45, 7) is 3.61. The zero-order chi connectivity index (χ0) is 17.5. The summed E-state index contributed by atoms with van der Waals surface area (Å²) in [5.41, 5.74) is -0.236. The lowest BCUT2D eigenvalue weighted by Crippen LogP contribution is -2.49. The predicted molar refractivity (Wildman–Crippen MR) is 77.6 cm³/mol. The fourth-order valence-electron chi connectivity index (χ4n) is 2.98. The number of anilines is 1. The summed E-state index contributed by atoms with van der Waals surface area (Å²) in [5.74, 6) is -1.49. The van der Waals surface area contributed by atoms with Crippen molar-refractivity contribution in [2.24, 2.45) is 11.8 Å². The van der Waals surface area contributed by atoms with Gasteiger partial charge in [0, 0.05) is 12.2 Å². The first kappa shape index (κ1) is 17.8. The molecule has 1 fully saturated rings. The molecule has 0 aromatic heterocycles. The Morgan fingerprint density at radius 1 is 1.39 bits per heavy atom. The van der Waals surface area contributed by atoms with E-state index in [1.165, 1.54) is 11.0 Å². The van der Waals surface area contributed by atoms with Crippen molar-refractivity contribution < 1.29 is 22.7 Å². The van der Waals surface area contributed by atoms with Crippen molar-refractivity contribution >= 4 is 17.3 Å². The molecule has 3 nitrogen and oxygen atoms in total. The molecule has 1 aromatic rings. The maximum Gasteiger partial charge on any atom is 0.416 e. The van der Waals surface area contributed by atoms with Gasteiger partial charge in [-0.15, -0.1) is 0 Å². The Labute approximate surface area is 136 Å². The number of aliphatic hydroxyl groups is 1. The first-order chi connectivity index (χ1) is 10.6. The van der Waals surface area contributed by atoms with Crippen molar-refractivity contribution in [3.8, 4) is 6.07 Å². The molecule has 0 radical (unpaired) electrons. The fraction of sp³-hybridized carbons (Fsp3) is 0.533. The molecular formula is C15H15ClF4N2O. The zero-order valence-corrected chi connectivity index (χ0v) is 13.2. The van der Waals surface area contributed by atoms with E-state index < -0.39 is 30.1 Å². The third-order valence-electron chi connectivity index (χ3n) is 4.41. The van der Waals surface area contributed by atoms with Crippen molar-refractivity contribution in [2.75, 3.05) is 11.4 Å². The van der Waals surface area contributed by atoms with Gasteiger partial charge in [0.15, 0.2) is 6.10 Å². The van der Waals surface area contributed by atoms with E-state index in [-0.39, 0.29) is 28.7 Å². The second-order valence-corrected chi connectivity index (χ2v) is 6.27. The molecule has 0 spiro atoms. The molecule has 1 heterocycles. The van der Waals surface area contributed by atoms with Crippen LogP contribution in [0, 0.1) is 29.0 Å². The maximum atomic E-state index is 13.9. The van der Waals surface area contributed by atoms with Crippen LogP contribution < -0.4 is 4.90 Å². The average molecular weight is 351 g/mol. The monoisotopic (exact) mass is 350 g/mol. The molecule has 2 rings (SSSR count). The Morgan fingerprint density at radius 3 is 2.48 bits per heavy atom. The van der Waals surface area contributed by atoms with Gasteiger partial charge in [0.05, 0.1) is 11.1 Å². The van der Waals surface area contributed by atoms with E-state index in [2.05, 4.69) is 0 Å². The minimum atomic E-state index is -4.78. The lowest BCUT2D eigenvalue weighted by molar-refractivity contribution is -0.211. The van der Waals surface area contributed by atoms with Crippen LogP contribution in [0.2, 0.25) is 5.02 Å². The van der Waals surface area contributed by atoms with Gasteiger partial charge in [-0.2, -0.15) is 18.4 Å². The second kappa shape index (κ2) is 6.17. The van der Waals surface area contributed by atoms with E-state index in [0.717, 1.165) is 6.07 Å². The third kappa shape index (κ3) is 3.24. The van der Waals surface area contributed by atoms with Gasteiger partial charge >= 0.3 is 6.18 Å². The number of alkyl halides is 3. The molecule has 23 heavy (non-hydrogen) atoms. The average Bonchev–Trinajstić information content (AvgIpc) is 2.72. The van der Waals surface area contributed by atoms with Crippen LogP contribution in [-0.4, -0.2) is 30.0 Å². The van der Waals surface area contributed by atoms with Crippen LogP contribution in [-0.2, 0) is 0 Å². The molecule has 1 aliphatic heterocycles. The summed E-state index contributed by atoms with van der Waals surface area (Å²) in [6, 6.07) is 2.59. The normalized spacial score (nSPS) is 26.2. The highest BCUT2D eigenvalue weighted by molar-refractivity contribution is 6.32. The Balaban J connectivity index is 2.47. The molecular weight excluding hydrogens is 336 g/mol. The first-order valence-electron chi connectivity index (χ1n) is 6.98. The van der Waals surface area contributed by atoms with Gasteiger partial charge in [0.2, 0.25) is 0 Å². The molecule has 4 atom stereocenters. The van der Waals surface area contributed by atoms with E-state index in [9.17, 15) is 22.7 Å². The SMILES string of the molecule is C[C@@H]1[C@H]([C@@H](O)C(F)(F)F)N(c2cc(F)c(C#N)c(Cl)c2)C[C@@H]1C. The van der Waals surface area contributed by atoms with Crippen LogP contribution in [0.5, 0.6) is 0 Å². The fourth-order valence-corrected chi connectivity index (χ4v) is 3.22. The second-order valence-electron chi connectivity index (χ2n) is 5.86.